The lowest BCUT2D eigenvalue weighted by Crippen LogP contribution is -2.47. The molecule has 0 spiro atoms. The second-order valence-electron chi connectivity index (χ2n) is 3.87. The number of amides is 1. The molecular weight excluding hydrogens is 320 g/mol. The monoisotopic (exact) mass is 334 g/mol. The maximum absolute atomic E-state index is 11.8. The van der Waals surface area contributed by atoms with E-state index in [0.29, 0.717) is 19.7 Å². The molecule has 1 heterocycles. The standard InChI is InChI=1S/C12H15BrN2O2.ClH/c13-10-4-2-1-3-9(10)7-15-12(16)11-8-14-5-6-17-11;/h1-4,11,14H,5-8H2,(H,15,16);1H. The highest BCUT2D eigenvalue weighted by Crippen LogP contribution is 2.15. The van der Waals surface area contributed by atoms with Crippen molar-refractivity contribution in [2.24, 2.45) is 0 Å². The molecule has 4 nitrogen and oxygen atoms in total. The number of hydrogen-bond acceptors (Lipinski definition) is 3. The molecule has 1 fully saturated rings. The second-order valence-corrected chi connectivity index (χ2v) is 4.73. The predicted octanol–water partition coefficient (Wildman–Crippen LogP) is 1.48. The van der Waals surface area contributed by atoms with Crippen molar-refractivity contribution in [3.63, 3.8) is 0 Å². The van der Waals surface area contributed by atoms with Crippen LogP contribution < -0.4 is 10.6 Å². The SMILES string of the molecule is Cl.O=C(NCc1ccccc1Br)C1CNCCO1. The minimum absolute atomic E-state index is 0. The van der Waals surface area contributed by atoms with E-state index in [1.807, 2.05) is 24.3 Å². The van der Waals surface area contributed by atoms with E-state index in [1.165, 1.54) is 0 Å². The first-order valence-electron chi connectivity index (χ1n) is 5.61. The van der Waals surface area contributed by atoms with Crippen LogP contribution in [0.25, 0.3) is 0 Å². The Morgan fingerprint density at radius 3 is 2.94 bits per heavy atom. The molecule has 6 heteroatoms. The summed E-state index contributed by atoms with van der Waals surface area (Å²) in [6.07, 6.45) is -0.369. The molecular formula is C12H16BrClN2O2. The molecule has 0 aromatic heterocycles. The van der Waals surface area contributed by atoms with E-state index in [2.05, 4.69) is 26.6 Å². The van der Waals surface area contributed by atoms with Gasteiger partial charge in [0.1, 0.15) is 6.10 Å². The van der Waals surface area contributed by atoms with Gasteiger partial charge in [-0.05, 0) is 11.6 Å². The maximum atomic E-state index is 11.8. The molecule has 1 aliphatic heterocycles. The zero-order valence-electron chi connectivity index (χ0n) is 9.82. The van der Waals surface area contributed by atoms with Gasteiger partial charge in [-0.1, -0.05) is 34.1 Å². The summed E-state index contributed by atoms with van der Waals surface area (Å²) in [5.74, 6) is -0.0621. The highest BCUT2D eigenvalue weighted by Gasteiger charge is 2.21. The molecule has 100 valence electrons. The Morgan fingerprint density at radius 1 is 1.50 bits per heavy atom. The number of carbonyl (C=O) groups excluding carboxylic acids is 1. The third-order valence-corrected chi connectivity index (χ3v) is 3.40. The highest BCUT2D eigenvalue weighted by atomic mass is 79.9. The van der Waals surface area contributed by atoms with Gasteiger partial charge < -0.3 is 15.4 Å². The highest BCUT2D eigenvalue weighted by molar-refractivity contribution is 9.10. The van der Waals surface area contributed by atoms with E-state index < -0.39 is 0 Å². The van der Waals surface area contributed by atoms with Crippen LogP contribution in [0.2, 0.25) is 0 Å². The lowest BCUT2D eigenvalue weighted by molar-refractivity contribution is -0.134. The quantitative estimate of drug-likeness (QED) is 0.879. The molecule has 0 radical (unpaired) electrons. The number of ether oxygens (including phenoxy) is 1. The fraction of sp³-hybridized carbons (Fsp3) is 0.417. The van der Waals surface area contributed by atoms with Crippen molar-refractivity contribution >= 4 is 34.2 Å². The minimum atomic E-state index is -0.369. The van der Waals surface area contributed by atoms with Gasteiger partial charge in [0, 0.05) is 24.1 Å². The number of nitrogens with one attached hydrogen (secondary N) is 2. The molecule has 0 saturated carbocycles. The number of hydrogen-bond donors (Lipinski definition) is 2. The first kappa shape index (κ1) is 15.4. The Labute approximate surface area is 121 Å². The number of morpholine rings is 1. The third kappa shape index (κ3) is 4.24. The summed E-state index contributed by atoms with van der Waals surface area (Å²) in [7, 11) is 0. The normalized spacial score (nSPS) is 18.8. The van der Waals surface area contributed by atoms with E-state index in [9.17, 15) is 4.79 Å². The van der Waals surface area contributed by atoms with Crippen molar-refractivity contribution in [1.29, 1.82) is 0 Å². The number of halogens is 2. The lowest BCUT2D eigenvalue weighted by Gasteiger charge is -2.22. The summed E-state index contributed by atoms with van der Waals surface area (Å²) < 4.78 is 6.37. The van der Waals surface area contributed by atoms with Crippen LogP contribution >= 0.6 is 28.3 Å². The van der Waals surface area contributed by atoms with E-state index >= 15 is 0 Å². The van der Waals surface area contributed by atoms with Crippen molar-refractivity contribution in [2.45, 2.75) is 12.6 Å². The van der Waals surface area contributed by atoms with Crippen molar-refractivity contribution in [3.05, 3.63) is 34.3 Å². The molecule has 1 unspecified atom stereocenters. The zero-order valence-corrected chi connectivity index (χ0v) is 12.2. The fourth-order valence-electron chi connectivity index (χ4n) is 1.67. The molecule has 2 N–H and O–H groups in total. The molecule has 18 heavy (non-hydrogen) atoms. The molecule has 1 aromatic carbocycles. The van der Waals surface area contributed by atoms with Crippen LogP contribution in [-0.4, -0.2) is 31.7 Å². The largest absolute Gasteiger partial charge is 0.366 e. The van der Waals surface area contributed by atoms with E-state index in [-0.39, 0.29) is 24.4 Å². The first-order valence-corrected chi connectivity index (χ1v) is 6.40. The third-order valence-electron chi connectivity index (χ3n) is 2.63. The van der Waals surface area contributed by atoms with Crippen molar-refractivity contribution in [3.8, 4) is 0 Å². The fourth-order valence-corrected chi connectivity index (χ4v) is 2.10. The average Bonchev–Trinajstić information content (AvgIpc) is 2.38. The van der Waals surface area contributed by atoms with Crippen LogP contribution in [0.4, 0.5) is 0 Å². The summed E-state index contributed by atoms with van der Waals surface area (Å²) in [5.41, 5.74) is 1.06. The summed E-state index contributed by atoms with van der Waals surface area (Å²) in [5, 5.41) is 6.01. The molecule has 1 atom stereocenters. The van der Waals surface area contributed by atoms with Crippen LogP contribution in [0.5, 0.6) is 0 Å². The van der Waals surface area contributed by atoms with E-state index in [4.69, 9.17) is 4.74 Å². The average molecular weight is 336 g/mol. The Balaban J connectivity index is 0.00000162. The summed E-state index contributed by atoms with van der Waals surface area (Å²) in [6, 6.07) is 7.83. The van der Waals surface area contributed by atoms with Gasteiger partial charge in [-0.25, -0.2) is 0 Å². The van der Waals surface area contributed by atoms with E-state index in [1.54, 1.807) is 0 Å². The van der Waals surface area contributed by atoms with Crippen molar-refractivity contribution in [2.75, 3.05) is 19.7 Å². The first-order chi connectivity index (χ1) is 8.27. The van der Waals surface area contributed by atoms with Gasteiger partial charge in [0.05, 0.1) is 6.61 Å². The van der Waals surface area contributed by atoms with Crippen LogP contribution in [0, 0.1) is 0 Å². The smallest absolute Gasteiger partial charge is 0.250 e. The molecule has 1 amide bonds. The summed E-state index contributed by atoms with van der Waals surface area (Å²) in [4.78, 5) is 11.8. The lowest BCUT2D eigenvalue weighted by atomic mass is 10.2. The van der Waals surface area contributed by atoms with Crippen LogP contribution in [0.15, 0.2) is 28.7 Å². The number of rotatable bonds is 3. The van der Waals surface area contributed by atoms with Gasteiger partial charge in [0.15, 0.2) is 0 Å². The van der Waals surface area contributed by atoms with Gasteiger partial charge in [-0.15, -0.1) is 12.4 Å². The summed E-state index contributed by atoms with van der Waals surface area (Å²) >= 11 is 3.45. The second kappa shape index (κ2) is 7.74. The van der Waals surface area contributed by atoms with Gasteiger partial charge in [-0.2, -0.15) is 0 Å². The molecule has 1 saturated heterocycles. The molecule has 0 aliphatic carbocycles. The van der Waals surface area contributed by atoms with Crippen molar-refractivity contribution < 1.29 is 9.53 Å². The Hall–Kier alpha value is -0.620. The Kier molecular flexibility index (Phi) is 6.63. The van der Waals surface area contributed by atoms with Gasteiger partial charge >= 0.3 is 0 Å². The number of benzene rings is 1. The molecule has 2 rings (SSSR count). The van der Waals surface area contributed by atoms with Gasteiger partial charge in [0.2, 0.25) is 0 Å². The summed E-state index contributed by atoms with van der Waals surface area (Å²) in [6.45, 7) is 2.50. The van der Waals surface area contributed by atoms with Crippen LogP contribution in [0.1, 0.15) is 5.56 Å². The molecule has 1 aromatic rings. The maximum Gasteiger partial charge on any atom is 0.250 e. The molecule has 1 aliphatic rings. The van der Waals surface area contributed by atoms with Crippen LogP contribution in [0.3, 0.4) is 0 Å². The van der Waals surface area contributed by atoms with E-state index in [0.717, 1.165) is 16.6 Å². The van der Waals surface area contributed by atoms with Crippen LogP contribution in [-0.2, 0) is 16.1 Å². The predicted molar refractivity (Wildman–Crippen MR) is 75.8 cm³/mol. The number of carbonyl (C=O) groups is 1. The topological polar surface area (TPSA) is 50.4 Å². The minimum Gasteiger partial charge on any atom is -0.366 e. The van der Waals surface area contributed by atoms with Gasteiger partial charge in [-0.3, -0.25) is 4.79 Å². The Morgan fingerprint density at radius 2 is 2.28 bits per heavy atom. The molecule has 0 bridgehead atoms. The van der Waals surface area contributed by atoms with Crippen molar-refractivity contribution in [1.82, 2.24) is 10.6 Å². The Bertz CT molecular complexity index is 397. The zero-order chi connectivity index (χ0) is 12.1. The van der Waals surface area contributed by atoms with Gasteiger partial charge in [0.25, 0.3) is 5.91 Å².